The highest BCUT2D eigenvalue weighted by atomic mass is 19.1. The van der Waals surface area contributed by atoms with Gasteiger partial charge in [0.2, 0.25) is 0 Å². The highest BCUT2D eigenvalue weighted by Gasteiger charge is 2.34. The summed E-state index contributed by atoms with van der Waals surface area (Å²) in [4.78, 5) is 2.15. The van der Waals surface area contributed by atoms with Crippen molar-refractivity contribution in [3.63, 3.8) is 0 Å². The second-order valence-electron chi connectivity index (χ2n) is 3.57. The van der Waals surface area contributed by atoms with Crippen LogP contribution in [0.3, 0.4) is 0 Å². The van der Waals surface area contributed by atoms with Crippen LogP contribution in [0.15, 0.2) is 0 Å². The molecular formula is C9H16FNO2. The Morgan fingerprint density at radius 1 is 1.38 bits per heavy atom. The fraction of sp³-hybridized carbons (Fsp3) is 1.00. The third kappa shape index (κ3) is 2.00. The first-order chi connectivity index (χ1) is 6.42. The highest BCUT2D eigenvalue weighted by molar-refractivity contribution is 4.86. The second-order valence-corrected chi connectivity index (χ2v) is 3.57. The lowest BCUT2D eigenvalue weighted by Gasteiger charge is -2.43. The molecule has 2 fully saturated rings. The third-order valence-corrected chi connectivity index (χ3v) is 2.82. The fourth-order valence-corrected chi connectivity index (χ4v) is 2.11. The maximum atomic E-state index is 12.2. The molecule has 0 aromatic rings. The molecular weight excluding hydrogens is 173 g/mol. The maximum Gasteiger partial charge on any atom is 0.102 e. The minimum atomic E-state index is -0.275. The van der Waals surface area contributed by atoms with E-state index in [1.807, 2.05) is 0 Å². The van der Waals surface area contributed by atoms with E-state index in [1.165, 1.54) is 0 Å². The van der Waals surface area contributed by atoms with Gasteiger partial charge in [-0.05, 0) is 6.42 Å². The summed E-state index contributed by atoms with van der Waals surface area (Å²) in [6.07, 6.45) is 1.22. The molecule has 2 unspecified atom stereocenters. The van der Waals surface area contributed by atoms with Gasteiger partial charge in [-0.15, -0.1) is 0 Å². The van der Waals surface area contributed by atoms with Crippen LogP contribution >= 0.6 is 0 Å². The van der Waals surface area contributed by atoms with E-state index in [2.05, 4.69) is 4.90 Å². The molecule has 2 rings (SSSR count). The SMILES string of the molecule is FCCN1CCOC2CCOCC21. The number of halogens is 1. The summed E-state index contributed by atoms with van der Waals surface area (Å²) in [6, 6.07) is 0.290. The molecule has 0 spiro atoms. The number of rotatable bonds is 2. The molecule has 2 heterocycles. The Bertz CT molecular complexity index is 164. The molecule has 13 heavy (non-hydrogen) atoms. The van der Waals surface area contributed by atoms with Crippen molar-refractivity contribution >= 4 is 0 Å². The van der Waals surface area contributed by atoms with E-state index < -0.39 is 0 Å². The molecule has 4 heteroatoms. The van der Waals surface area contributed by atoms with Gasteiger partial charge in [0.25, 0.3) is 0 Å². The largest absolute Gasteiger partial charge is 0.380 e. The zero-order valence-corrected chi connectivity index (χ0v) is 7.75. The van der Waals surface area contributed by atoms with Crippen LogP contribution in [-0.2, 0) is 9.47 Å². The van der Waals surface area contributed by atoms with Crippen molar-refractivity contribution in [2.45, 2.75) is 18.6 Å². The Morgan fingerprint density at radius 2 is 2.31 bits per heavy atom. The van der Waals surface area contributed by atoms with Gasteiger partial charge in [0, 0.05) is 19.7 Å². The van der Waals surface area contributed by atoms with E-state index in [1.54, 1.807) is 0 Å². The van der Waals surface area contributed by atoms with Gasteiger partial charge in [-0.2, -0.15) is 0 Å². The smallest absolute Gasteiger partial charge is 0.102 e. The number of ether oxygens (including phenoxy) is 2. The maximum absolute atomic E-state index is 12.2. The lowest BCUT2D eigenvalue weighted by Crippen LogP contribution is -2.56. The molecule has 0 aliphatic carbocycles. The minimum absolute atomic E-state index is 0.272. The minimum Gasteiger partial charge on any atom is -0.380 e. The van der Waals surface area contributed by atoms with Crippen molar-refractivity contribution in [2.24, 2.45) is 0 Å². The molecule has 2 saturated heterocycles. The van der Waals surface area contributed by atoms with Gasteiger partial charge in [-0.3, -0.25) is 4.90 Å². The Labute approximate surface area is 77.8 Å². The van der Waals surface area contributed by atoms with Crippen LogP contribution in [0.4, 0.5) is 4.39 Å². The number of fused-ring (bicyclic) bond motifs is 1. The third-order valence-electron chi connectivity index (χ3n) is 2.82. The first kappa shape index (κ1) is 9.37. The number of morpholine rings is 1. The number of nitrogens with zero attached hydrogens (tertiary/aromatic N) is 1. The molecule has 0 saturated carbocycles. The van der Waals surface area contributed by atoms with Gasteiger partial charge < -0.3 is 9.47 Å². The predicted octanol–water partition coefficient (Wildman–Crippen LogP) is 0.446. The Morgan fingerprint density at radius 3 is 3.15 bits per heavy atom. The Kier molecular flexibility index (Phi) is 3.14. The molecule has 76 valence electrons. The van der Waals surface area contributed by atoms with Gasteiger partial charge in [0.05, 0.1) is 25.4 Å². The van der Waals surface area contributed by atoms with E-state index >= 15 is 0 Å². The summed E-state index contributed by atoms with van der Waals surface area (Å²) in [7, 11) is 0. The number of hydrogen-bond donors (Lipinski definition) is 0. The Balaban J connectivity index is 1.94. The average molecular weight is 189 g/mol. The Hall–Kier alpha value is -0.190. The second kappa shape index (κ2) is 4.35. The monoisotopic (exact) mass is 189 g/mol. The van der Waals surface area contributed by atoms with Crippen LogP contribution < -0.4 is 0 Å². The molecule has 0 bridgehead atoms. The zero-order valence-electron chi connectivity index (χ0n) is 7.75. The van der Waals surface area contributed by atoms with Crippen molar-refractivity contribution in [1.82, 2.24) is 4.90 Å². The van der Waals surface area contributed by atoms with Crippen LogP contribution in [-0.4, -0.2) is 56.6 Å². The van der Waals surface area contributed by atoms with Gasteiger partial charge in [-0.1, -0.05) is 0 Å². The molecule has 0 aromatic carbocycles. The van der Waals surface area contributed by atoms with Gasteiger partial charge >= 0.3 is 0 Å². The molecule has 0 N–H and O–H groups in total. The lowest BCUT2D eigenvalue weighted by atomic mass is 10.0. The predicted molar refractivity (Wildman–Crippen MR) is 46.5 cm³/mol. The topological polar surface area (TPSA) is 21.7 Å². The van der Waals surface area contributed by atoms with E-state index in [0.717, 1.165) is 26.2 Å². The molecule has 0 amide bonds. The van der Waals surface area contributed by atoms with Crippen LogP contribution in [0, 0.1) is 0 Å². The number of hydrogen-bond acceptors (Lipinski definition) is 3. The van der Waals surface area contributed by atoms with Gasteiger partial charge in [-0.25, -0.2) is 4.39 Å². The molecule has 0 aromatic heterocycles. The molecule has 2 aliphatic heterocycles. The lowest BCUT2D eigenvalue weighted by molar-refractivity contribution is -0.131. The van der Waals surface area contributed by atoms with Crippen LogP contribution in [0.5, 0.6) is 0 Å². The van der Waals surface area contributed by atoms with Crippen molar-refractivity contribution in [3.05, 3.63) is 0 Å². The van der Waals surface area contributed by atoms with Crippen molar-refractivity contribution < 1.29 is 13.9 Å². The molecule has 2 atom stereocenters. The zero-order chi connectivity index (χ0) is 9.10. The summed E-state index contributed by atoms with van der Waals surface area (Å²) in [5, 5.41) is 0. The van der Waals surface area contributed by atoms with E-state index in [4.69, 9.17) is 9.47 Å². The normalized spacial score (nSPS) is 35.8. The molecule has 0 radical (unpaired) electrons. The summed E-state index contributed by atoms with van der Waals surface area (Å²) in [5.41, 5.74) is 0. The van der Waals surface area contributed by atoms with Crippen LogP contribution in [0.2, 0.25) is 0 Å². The van der Waals surface area contributed by atoms with E-state index in [9.17, 15) is 4.39 Å². The first-order valence-corrected chi connectivity index (χ1v) is 4.91. The fourth-order valence-electron chi connectivity index (χ4n) is 2.11. The summed E-state index contributed by atoms with van der Waals surface area (Å²) >= 11 is 0. The van der Waals surface area contributed by atoms with Gasteiger partial charge in [0.1, 0.15) is 6.67 Å². The first-order valence-electron chi connectivity index (χ1n) is 4.91. The van der Waals surface area contributed by atoms with E-state index in [-0.39, 0.29) is 12.8 Å². The van der Waals surface area contributed by atoms with Crippen LogP contribution in [0.1, 0.15) is 6.42 Å². The summed E-state index contributed by atoms with van der Waals surface area (Å²) in [5.74, 6) is 0. The van der Waals surface area contributed by atoms with Crippen molar-refractivity contribution in [2.75, 3.05) is 39.6 Å². The average Bonchev–Trinajstić information content (AvgIpc) is 2.19. The van der Waals surface area contributed by atoms with Crippen LogP contribution in [0.25, 0.3) is 0 Å². The van der Waals surface area contributed by atoms with Crippen molar-refractivity contribution in [1.29, 1.82) is 0 Å². The number of alkyl halides is 1. The standard InChI is InChI=1S/C9H16FNO2/c10-2-3-11-4-6-13-9-1-5-12-7-8(9)11/h8-9H,1-7H2. The van der Waals surface area contributed by atoms with E-state index in [0.29, 0.717) is 19.2 Å². The summed E-state index contributed by atoms with van der Waals surface area (Å²) < 4.78 is 23.2. The quantitative estimate of drug-likeness (QED) is 0.629. The molecule has 3 nitrogen and oxygen atoms in total. The van der Waals surface area contributed by atoms with Crippen molar-refractivity contribution in [3.8, 4) is 0 Å². The molecule has 2 aliphatic rings. The van der Waals surface area contributed by atoms with Gasteiger partial charge in [0.15, 0.2) is 0 Å². The highest BCUT2D eigenvalue weighted by Crippen LogP contribution is 2.20. The summed E-state index contributed by atoms with van der Waals surface area (Å²) in [6.45, 7) is 3.31.